The second-order valence-electron chi connectivity index (χ2n) is 4.56. The van der Waals surface area contributed by atoms with E-state index in [0.717, 1.165) is 17.7 Å². The highest BCUT2D eigenvalue weighted by Crippen LogP contribution is 2.18. The highest BCUT2D eigenvalue weighted by atomic mass is 32.1. The Labute approximate surface area is 135 Å². The van der Waals surface area contributed by atoms with Gasteiger partial charge in [-0.15, -0.1) is 0 Å². The Morgan fingerprint density at radius 3 is 2.57 bits per heavy atom. The summed E-state index contributed by atoms with van der Waals surface area (Å²) in [5.41, 5.74) is 0.256. The van der Waals surface area contributed by atoms with Crippen LogP contribution in [0.5, 0.6) is 0 Å². The Bertz CT molecular complexity index is 709. The van der Waals surface area contributed by atoms with Gasteiger partial charge in [-0.1, -0.05) is 6.07 Å². The summed E-state index contributed by atoms with van der Waals surface area (Å²) in [5, 5.41) is 5.75. The summed E-state index contributed by atoms with van der Waals surface area (Å²) in [4.78, 5) is 23.4. The number of thiophene rings is 1. The van der Waals surface area contributed by atoms with Crippen LogP contribution in [-0.4, -0.2) is 18.0 Å². The number of hydrogen-bond acceptors (Lipinski definition) is 4. The molecule has 7 heteroatoms. The van der Waals surface area contributed by atoms with Gasteiger partial charge in [-0.2, -0.15) is 11.3 Å². The predicted molar refractivity (Wildman–Crippen MR) is 83.9 cm³/mol. The van der Waals surface area contributed by atoms with Crippen LogP contribution in [0.15, 0.2) is 41.1 Å². The van der Waals surface area contributed by atoms with E-state index in [1.807, 2.05) is 16.8 Å². The number of amides is 1. The molecular formula is C16H13F2NO3S. The molecule has 0 radical (unpaired) electrons. The van der Waals surface area contributed by atoms with E-state index in [1.54, 1.807) is 6.08 Å². The zero-order valence-electron chi connectivity index (χ0n) is 12.1. The second-order valence-corrected chi connectivity index (χ2v) is 5.34. The van der Waals surface area contributed by atoms with E-state index in [4.69, 9.17) is 4.74 Å². The van der Waals surface area contributed by atoms with Gasteiger partial charge >= 0.3 is 5.97 Å². The van der Waals surface area contributed by atoms with E-state index in [9.17, 15) is 18.4 Å². The van der Waals surface area contributed by atoms with Gasteiger partial charge in [0.2, 0.25) is 0 Å². The van der Waals surface area contributed by atoms with Gasteiger partial charge in [0, 0.05) is 6.08 Å². The number of rotatable bonds is 5. The van der Waals surface area contributed by atoms with Gasteiger partial charge in [-0.05, 0) is 47.5 Å². The molecule has 0 spiro atoms. The van der Waals surface area contributed by atoms with E-state index in [1.165, 1.54) is 30.4 Å². The maximum Gasteiger partial charge on any atom is 0.331 e. The molecule has 23 heavy (non-hydrogen) atoms. The largest absolute Gasteiger partial charge is 0.449 e. The molecule has 1 aromatic heterocycles. The Morgan fingerprint density at radius 2 is 1.96 bits per heavy atom. The molecule has 1 N–H and O–H groups in total. The smallest absolute Gasteiger partial charge is 0.331 e. The van der Waals surface area contributed by atoms with E-state index < -0.39 is 35.3 Å². The number of carbonyl (C=O) groups is 2. The summed E-state index contributed by atoms with van der Waals surface area (Å²) in [7, 11) is 0. The van der Waals surface area contributed by atoms with Gasteiger partial charge in [0.15, 0.2) is 6.10 Å². The molecule has 2 rings (SSSR count). The first-order chi connectivity index (χ1) is 11.0. The molecule has 1 amide bonds. The van der Waals surface area contributed by atoms with Gasteiger partial charge in [0.05, 0.1) is 0 Å². The normalized spacial score (nSPS) is 12.1. The molecule has 1 aromatic carbocycles. The van der Waals surface area contributed by atoms with Crippen molar-refractivity contribution in [2.75, 3.05) is 5.32 Å². The quantitative estimate of drug-likeness (QED) is 0.670. The third kappa shape index (κ3) is 4.72. The maximum absolute atomic E-state index is 13.4. The molecule has 0 aliphatic heterocycles. The highest BCUT2D eigenvalue weighted by Gasteiger charge is 2.19. The topological polar surface area (TPSA) is 55.4 Å². The van der Waals surface area contributed by atoms with Crippen molar-refractivity contribution >= 4 is 35.0 Å². The first-order valence-electron chi connectivity index (χ1n) is 6.63. The molecule has 4 nitrogen and oxygen atoms in total. The van der Waals surface area contributed by atoms with Gasteiger partial charge < -0.3 is 10.1 Å². The summed E-state index contributed by atoms with van der Waals surface area (Å²) in [6, 6.07) is 5.02. The lowest BCUT2D eigenvalue weighted by Gasteiger charge is -2.13. The van der Waals surface area contributed by atoms with Crippen molar-refractivity contribution in [1.29, 1.82) is 0 Å². The minimum absolute atomic E-state index is 0.575. The average Bonchev–Trinajstić information content (AvgIpc) is 3.02. The number of esters is 1. The van der Waals surface area contributed by atoms with Crippen molar-refractivity contribution in [1.82, 2.24) is 0 Å². The summed E-state index contributed by atoms with van der Waals surface area (Å²) >= 11 is 1.48. The van der Waals surface area contributed by atoms with Crippen molar-refractivity contribution in [2.45, 2.75) is 13.0 Å². The zero-order chi connectivity index (χ0) is 16.8. The van der Waals surface area contributed by atoms with Crippen molar-refractivity contribution in [3.05, 3.63) is 58.3 Å². The minimum Gasteiger partial charge on any atom is -0.449 e. The zero-order valence-corrected chi connectivity index (χ0v) is 12.9. The van der Waals surface area contributed by atoms with Crippen LogP contribution in [0.4, 0.5) is 14.5 Å². The van der Waals surface area contributed by atoms with Crippen LogP contribution < -0.4 is 5.32 Å². The fraction of sp³-hybridized carbons (Fsp3) is 0.125. The van der Waals surface area contributed by atoms with Crippen LogP contribution in [-0.2, 0) is 14.3 Å². The fourth-order valence-electron chi connectivity index (χ4n) is 1.64. The number of anilines is 1. The molecule has 0 aliphatic carbocycles. The standard InChI is InChI=1S/C16H13F2NO3S/c1-10(22-14(20)6-5-11-7-8-23-9-11)16(21)19-15-12(17)3-2-4-13(15)18/h2-10H,1H3,(H,19,21)/b6-5+/t10-/m0/s1. The average molecular weight is 337 g/mol. The van der Waals surface area contributed by atoms with Crippen molar-refractivity contribution < 1.29 is 23.1 Å². The van der Waals surface area contributed by atoms with Crippen LogP contribution in [0.3, 0.4) is 0 Å². The number of halogens is 2. The summed E-state index contributed by atoms with van der Waals surface area (Å²) in [6.07, 6.45) is 1.52. The van der Waals surface area contributed by atoms with E-state index in [2.05, 4.69) is 5.32 Å². The van der Waals surface area contributed by atoms with Gasteiger partial charge in [0.25, 0.3) is 5.91 Å². The van der Waals surface area contributed by atoms with Crippen molar-refractivity contribution in [2.24, 2.45) is 0 Å². The monoisotopic (exact) mass is 337 g/mol. The minimum atomic E-state index is -1.20. The number of para-hydroxylation sites is 1. The number of benzene rings is 1. The molecule has 0 saturated heterocycles. The molecule has 0 bridgehead atoms. The fourth-order valence-corrected chi connectivity index (χ4v) is 2.27. The van der Waals surface area contributed by atoms with Crippen LogP contribution in [0.1, 0.15) is 12.5 Å². The first kappa shape index (κ1) is 16.8. The lowest BCUT2D eigenvalue weighted by Crippen LogP contribution is -2.30. The molecule has 0 aliphatic rings. The summed E-state index contributed by atoms with van der Waals surface area (Å²) in [5.74, 6) is -3.37. The SMILES string of the molecule is C[C@H](OC(=O)/C=C/c1ccsc1)C(=O)Nc1c(F)cccc1F. The number of carbonyl (C=O) groups excluding carboxylic acids is 2. The molecule has 0 unspecified atom stereocenters. The van der Waals surface area contributed by atoms with Gasteiger partial charge in [-0.3, -0.25) is 4.79 Å². The predicted octanol–water partition coefficient (Wildman–Crippen LogP) is 3.61. The van der Waals surface area contributed by atoms with Crippen LogP contribution in [0.25, 0.3) is 6.08 Å². The van der Waals surface area contributed by atoms with E-state index in [0.29, 0.717) is 0 Å². The Balaban J connectivity index is 1.93. The lowest BCUT2D eigenvalue weighted by atomic mass is 10.2. The Morgan fingerprint density at radius 1 is 1.26 bits per heavy atom. The second kappa shape index (κ2) is 7.64. The Hall–Kier alpha value is -2.54. The van der Waals surface area contributed by atoms with Crippen LogP contribution >= 0.6 is 11.3 Å². The number of nitrogens with one attached hydrogen (secondary N) is 1. The number of hydrogen-bond donors (Lipinski definition) is 1. The highest BCUT2D eigenvalue weighted by molar-refractivity contribution is 7.08. The third-order valence-corrected chi connectivity index (χ3v) is 3.53. The molecular weight excluding hydrogens is 324 g/mol. The van der Waals surface area contributed by atoms with Gasteiger partial charge in [-0.25, -0.2) is 13.6 Å². The van der Waals surface area contributed by atoms with Crippen LogP contribution in [0.2, 0.25) is 0 Å². The molecule has 120 valence electrons. The Kier molecular flexibility index (Phi) is 5.59. The molecule has 0 fully saturated rings. The molecule has 1 heterocycles. The van der Waals surface area contributed by atoms with Crippen molar-refractivity contribution in [3.8, 4) is 0 Å². The van der Waals surface area contributed by atoms with Crippen molar-refractivity contribution in [3.63, 3.8) is 0 Å². The van der Waals surface area contributed by atoms with Gasteiger partial charge in [0.1, 0.15) is 17.3 Å². The molecule has 2 aromatic rings. The first-order valence-corrected chi connectivity index (χ1v) is 7.57. The van der Waals surface area contributed by atoms with E-state index >= 15 is 0 Å². The molecule has 0 saturated carbocycles. The molecule has 1 atom stereocenters. The lowest BCUT2D eigenvalue weighted by molar-refractivity contribution is -0.148. The maximum atomic E-state index is 13.4. The summed E-state index contributed by atoms with van der Waals surface area (Å²) < 4.78 is 31.8. The summed E-state index contributed by atoms with van der Waals surface area (Å²) in [6.45, 7) is 1.31. The van der Waals surface area contributed by atoms with E-state index in [-0.39, 0.29) is 0 Å². The third-order valence-electron chi connectivity index (χ3n) is 2.83. The van der Waals surface area contributed by atoms with Crippen LogP contribution in [0, 0.1) is 11.6 Å². The number of ether oxygens (including phenoxy) is 1.